The Kier molecular flexibility index (Phi) is 8.57. The van der Waals surface area contributed by atoms with Gasteiger partial charge in [-0.3, -0.25) is 4.90 Å². The second-order valence-corrected chi connectivity index (χ2v) is 8.86. The highest BCUT2D eigenvalue weighted by molar-refractivity contribution is 9.10. The molecule has 0 spiro atoms. The molecule has 4 rings (SSSR count). The maximum atomic E-state index is 12.1. The monoisotopic (exact) mass is 525 g/mol. The summed E-state index contributed by atoms with van der Waals surface area (Å²) >= 11 is 3.38. The van der Waals surface area contributed by atoms with E-state index >= 15 is 0 Å². The number of esters is 1. The number of benzene rings is 3. The van der Waals surface area contributed by atoms with Crippen LogP contribution in [0, 0.1) is 0 Å². The van der Waals surface area contributed by atoms with Crippen LogP contribution in [0.2, 0.25) is 0 Å². The second kappa shape index (κ2) is 12.0. The van der Waals surface area contributed by atoms with Crippen LogP contribution in [0.25, 0.3) is 11.1 Å². The molecule has 1 aliphatic rings. The smallest absolute Gasteiger partial charge is 0.341 e. The first-order valence-corrected chi connectivity index (χ1v) is 12.1. The molecule has 34 heavy (non-hydrogen) atoms. The lowest BCUT2D eigenvalue weighted by atomic mass is 10.1. The molecule has 0 unspecified atom stereocenters. The highest BCUT2D eigenvalue weighted by Crippen LogP contribution is 2.31. The van der Waals surface area contributed by atoms with Crippen LogP contribution in [0.3, 0.4) is 0 Å². The van der Waals surface area contributed by atoms with E-state index in [-0.39, 0.29) is 0 Å². The molecule has 0 atom stereocenters. The minimum atomic E-state index is -0.451. The van der Waals surface area contributed by atoms with Gasteiger partial charge in [-0.25, -0.2) is 4.79 Å². The summed E-state index contributed by atoms with van der Waals surface area (Å²) in [5.41, 5.74) is 2.42. The average Bonchev–Trinajstić information content (AvgIpc) is 2.88. The molecule has 7 heteroatoms. The maximum Gasteiger partial charge on any atom is 0.341 e. The molecule has 178 valence electrons. The van der Waals surface area contributed by atoms with Crippen LogP contribution < -0.4 is 9.47 Å². The lowest BCUT2D eigenvalue weighted by molar-refractivity contribution is 0.0358. The summed E-state index contributed by atoms with van der Waals surface area (Å²) < 4.78 is 23.0. The SMILES string of the molecule is COC(=O)c1cc(Br)ccc1Oc1cccc(-c2ccc(OCCCN3CCOCC3)cc2)c1. The first-order chi connectivity index (χ1) is 16.6. The third kappa shape index (κ3) is 6.59. The van der Waals surface area contributed by atoms with E-state index < -0.39 is 5.97 Å². The van der Waals surface area contributed by atoms with Gasteiger partial charge < -0.3 is 18.9 Å². The number of morpholine rings is 1. The van der Waals surface area contributed by atoms with Crippen molar-refractivity contribution in [2.75, 3.05) is 46.6 Å². The van der Waals surface area contributed by atoms with Gasteiger partial charge in [0.2, 0.25) is 0 Å². The van der Waals surface area contributed by atoms with Crippen LogP contribution in [0.4, 0.5) is 0 Å². The van der Waals surface area contributed by atoms with Crippen LogP contribution in [0.15, 0.2) is 71.2 Å². The van der Waals surface area contributed by atoms with Gasteiger partial charge in [0.05, 0.1) is 26.9 Å². The van der Waals surface area contributed by atoms with E-state index in [1.54, 1.807) is 12.1 Å². The Morgan fingerprint density at radius 1 is 0.971 bits per heavy atom. The van der Waals surface area contributed by atoms with E-state index in [1.165, 1.54) is 7.11 Å². The number of hydrogen-bond donors (Lipinski definition) is 0. The minimum Gasteiger partial charge on any atom is -0.494 e. The largest absolute Gasteiger partial charge is 0.494 e. The molecule has 6 nitrogen and oxygen atoms in total. The number of nitrogens with zero attached hydrogens (tertiary/aromatic N) is 1. The summed E-state index contributed by atoms with van der Waals surface area (Å²) in [7, 11) is 1.35. The standard InChI is InChI=1S/C27H28BrNO5/c1-31-27(30)25-19-22(28)8-11-26(25)34-24-5-2-4-21(18-24)20-6-9-23(10-7-20)33-15-3-12-29-13-16-32-17-14-29/h2,4-11,18-19H,3,12-17H2,1H3. The summed E-state index contributed by atoms with van der Waals surface area (Å²) in [6, 6.07) is 21.1. The van der Waals surface area contributed by atoms with E-state index in [4.69, 9.17) is 18.9 Å². The highest BCUT2D eigenvalue weighted by Gasteiger charge is 2.15. The van der Waals surface area contributed by atoms with E-state index in [0.717, 1.165) is 60.6 Å². The van der Waals surface area contributed by atoms with Crippen LogP contribution in [-0.2, 0) is 9.47 Å². The van der Waals surface area contributed by atoms with Gasteiger partial charge in [-0.05, 0) is 60.0 Å². The fourth-order valence-electron chi connectivity index (χ4n) is 3.77. The van der Waals surface area contributed by atoms with Gasteiger partial charge in [0.25, 0.3) is 0 Å². The fourth-order valence-corrected chi connectivity index (χ4v) is 4.13. The molecule has 3 aromatic rings. The van der Waals surface area contributed by atoms with Crippen molar-refractivity contribution >= 4 is 21.9 Å². The van der Waals surface area contributed by atoms with E-state index in [9.17, 15) is 4.79 Å². The van der Waals surface area contributed by atoms with Crippen LogP contribution in [-0.4, -0.2) is 57.4 Å². The Balaban J connectivity index is 1.37. The zero-order chi connectivity index (χ0) is 23.8. The molecule has 1 heterocycles. The van der Waals surface area contributed by atoms with Gasteiger partial charge in [-0.2, -0.15) is 0 Å². The van der Waals surface area contributed by atoms with Crippen molar-refractivity contribution in [2.24, 2.45) is 0 Å². The van der Waals surface area contributed by atoms with Crippen LogP contribution in [0.5, 0.6) is 17.2 Å². The summed E-state index contributed by atoms with van der Waals surface area (Å²) in [5, 5.41) is 0. The van der Waals surface area contributed by atoms with Gasteiger partial charge in [0.1, 0.15) is 22.8 Å². The van der Waals surface area contributed by atoms with Crippen molar-refractivity contribution in [2.45, 2.75) is 6.42 Å². The van der Waals surface area contributed by atoms with Crippen molar-refractivity contribution in [1.29, 1.82) is 0 Å². The van der Waals surface area contributed by atoms with E-state index in [0.29, 0.717) is 23.7 Å². The molecule has 1 aliphatic heterocycles. The first-order valence-electron chi connectivity index (χ1n) is 11.3. The highest BCUT2D eigenvalue weighted by atomic mass is 79.9. The Hall–Kier alpha value is -2.87. The summed E-state index contributed by atoms with van der Waals surface area (Å²) in [6.45, 7) is 5.38. The number of carbonyl (C=O) groups is 1. The number of rotatable bonds is 9. The van der Waals surface area contributed by atoms with Gasteiger partial charge >= 0.3 is 5.97 Å². The lowest BCUT2D eigenvalue weighted by Gasteiger charge is -2.26. The molecular formula is C27H28BrNO5. The summed E-state index contributed by atoms with van der Waals surface area (Å²) in [5.74, 6) is 1.48. The zero-order valence-corrected chi connectivity index (χ0v) is 20.8. The quantitative estimate of drug-likeness (QED) is 0.260. The number of carbonyl (C=O) groups excluding carboxylic acids is 1. The Labute approximate surface area is 208 Å². The molecule has 0 aliphatic carbocycles. The van der Waals surface area contributed by atoms with E-state index in [1.807, 2.05) is 54.6 Å². The normalized spacial score (nSPS) is 13.9. The molecular weight excluding hydrogens is 498 g/mol. The van der Waals surface area contributed by atoms with Crippen molar-refractivity contribution < 1.29 is 23.7 Å². The fraction of sp³-hybridized carbons (Fsp3) is 0.296. The summed E-state index contributed by atoms with van der Waals surface area (Å²) in [4.78, 5) is 14.5. The van der Waals surface area contributed by atoms with Crippen molar-refractivity contribution in [3.8, 4) is 28.4 Å². The predicted molar refractivity (Wildman–Crippen MR) is 135 cm³/mol. The van der Waals surface area contributed by atoms with Crippen molar-refractivity contribution in [3.63, 3.8) is 0 Å². The van der Waals surface area contributed by atoms with Crippen molar-refractivity contribution in [1.82, 2.24) is 4.90 Å². The van der Waals surface area contributed by atoms with E-state index in [2.05, 4.69) is 20.8 Å². The van der Waals surface area contributed by atoms with Crippen LogP contribution in [0.1, 0.15) is 16.8 Å². The van der Waals surface area contributed by atoms with Gasteiger partial charge in [0, 0.05) is 24.1 Å². The number of ether oxygens (including phenoxy) is 4. The number of hydrogen-bond acceptors (Lipinski definition) is 6. The third-order valence-electron chi connectivity index (χ3n) is 5.59. The number of methoxy groups -OCH3 is 1. The molecule has 3 aromatic carbocycles. The Bertz CT molecular complexity index is 1100. The van der Waals surface area contributed by atoms with Crippen molar-refractivity contribution in [3.05, 3.63) is 76.8 Å². The Morgan fingerprint density at radius 2 is 1.76 bits per heavy atom. The second-order valence-electron chi connectivity index (χ2n) is 7.94. The van der Waals surface area contributed by atoms with Gasteiger partial charge in [0.15, 0.2) is 0 Å². The number of halogens is 1. The predicted octanol–water partition coefficient (Wildman–Crippen LogP) is 5.80. The molecule has 0 saturated carbocycles. The molecule has 0 aromatic heterocycles. The van der Waals surface area contributed by atoms with Gasteiger partial charge in [-0.15, -0.1) is 0 Å². The molecule has 0 amide bonds. The topological polar surface area (TPSA) is 57.2 Å². The third-order valence-corrected chi connectivity index (χ3v) is 6.08. The minimum absolute atomic E-state index is 0.359. The average molecular weight is 526 g/mol. The molecule has 0 N–H and O–H groups in total. The maximum absolute atomic E-state index is 12.1. The first kappa shape index (κ1) is 24.3. The lowest BCUT2D eigenvalue weighted by Crippen LogP contribution is -2.37. The van der Waals surface area contributed by atoms with Crippen LogP contribution >= 0.6 is 15.9 Å². The summed E-state index contributed by atoms with van der Waals surface area (Å²) in [6.07, 6.45) is 0.991. The molecule has 1 saturated heterocycles. The molecule has 0 bridgehead atoms. The Morgan fingerprint density at radius 3 is 2.53 bits per heavy atom. The molecule has 0 radical (unpaired) electrons. The zero-order valence-electron chi connectivity index (χ0n) is 19.2. The van der Waals surface area contributed by atoms with Gasteiger partial charge in [-0.1, -0.05) is 40.2 Å². The molecule has 1 fully saturated rings.